The minimum atomic E-state index is -0.938. The van der Waals surface area contributed by atoms with Gasteiger partial charge in [0.25, 0.3) is 0 Å². The van der Waals surface area contributed by atoms with Gasteiger partial charge < -0.3 is 14.3 Å². The first-order chi connectivity index (χ1) is 11.1. The molecule has 6 heteroatoms. The van der Waals surface area contributed by atoms with Gasteiger partial charge in [-0.15, -0.1) is 0 Å². The number of aromatic nitrogens is 1. The van der Waals surface area contributed by atoms with Crippen LogP contribution in [0.4, 0.5) is 0 Å². The molecule has 0 atom stereocenters. The highest BCUT2D eigenvalue weighted by Crippen LogP contribution is 2.33. The molecule has 1 aromatic carbocycles. The summed E-state index contributed by atoms with van der Waals surface area (Å²) in [4.78, 5) is 15.5. The second kappa shape index (κ2) is 6.26. The maximum absolute atomic E-state index is 11.1. The van der Waals surface area contributed by atoms with Crippen molar-refractivity contribution in [3.8, 4) is 28.5 Å². The summed E-state index contributed by atoms with van der Waals surface area (Å²) in [6, 6.07) is 7.49. The lowest BCUT2D eigenvalue weighted by atomic mass is 10.1. The van der Waals surface area contributed by atoms with Crippen molar-refractivity contribution in [2.45, 2.75) is 13.3 Å². The van der Waals surface area contributed by atoms with Crippen LogP contribution >= 0.6 is 11.3 Å². The highest BCUT2D eigenvalue weighted by molar-refractivity contribution is 7.08. The SMILES string of the molecule is COc1ccc(-c2nc(CC(=O)O)c(-c3ccsc3)o2)cc1C. The van der Waals surface area contributed by atoms with Gasteiger partial charge >= 0.3 is 5.97 Å². The van der Waals surface area contributed by atoms with Gasteiger partial charge in [0.1, 0.15) is 5.75 Å². The van der Waals surface area contributed by atoms with Crippen molar-refractivity contribution in [1.29, 1.82) is 0 Å². The van der Waals surface area contributed by atoms with Gasteiger partial charge in [-0.25, -0.2) is 4.98 Å². The molecule has 0 radical (unpaired) electrons. The Labute approximate surface area is 137 Å². The number of carboxylic acids is 1. The molecule has 2 aromatic heterocycles. The van der Waals surface area contributed by atoms with Crippen LogP contribution in [0.1, 0.15) is 11.3 Å². The first-order valence-corrected chi connectivity index (χ1v) is 7.92. The standard InChI is InChI=1S/C17H15NO4S/c1-10-7-11(3-4-14(10)21-2)17-18-13(8-15(19)20)16(22-17)12-5-6-23-9-12/h3-7,9H,8H2,1-2H3,(H,19,20). The number of aliphatic carboxylic acids is 1. The molecule has 0 amide bonds. The second-order valence-electron chi connectivity index (χ2n) is 5.06. The maximum Gasteiger partial charge on any atom is 0.309 e. The number of aryl methyl sites for hydroxylation is 1. The normalized spacial score (nSPS) is 10.7. The predicted molar refractivity (Wildman–Crippen MR) is 87.9 cm³/mol. The molecule has 5 nitrogen and oxygen atoms in total. The molecule has 1 N–H and O–H groups in total. The smallest absolute Gasteiger partial charge is 0.309 e. The van der Waals surface area contributed by atoms with Crippen LogP contribution in [0.2, 0.25) is 0 Å². The molecule has 0 fully saturated rings. The van der Waals surface area contributed by atoms with Gasteiger partial charge in [0.15, 0.2) is 5.76 Å². The third kappa shape index (κ3) is 3.12. The molecule has 0 aliphatic carbocycles. The highest BCUT2D eigenvalue weighted by atomic mass is 32.1. The Morgan fingerprint density at radius 1 is 1.35 bits per heavy atom. The molecule has 3 rings (SSSR count). The van der Waals surface area contributed by atoms with Crippen LogP contribution in [0.25, 0.3) is 22.8 Å². The van der Waals surface area contributed by atoms with Crippen molar-refractivity contribution in [3.05, 3.63) is 46.3 Å². The van der Waals surface area contributed by atoms with Gasteiger partial charge in [-0.05, 0) is 42.1 Å². The number of methoxy groups -OCH3 is 1. The van der Waals surface area contributed by atoms with Gasteiger partial charge in [-0.1, -0.05) is 0 Å². The summed E-state index contributed by atoms with van der Waals surface area (Å²) in [5, 5.41) is 12.9. The van der Waals surface area contributed by atoms with Crippen LogP contribution in [-0.4, -0.2) is 23.2 Å². The monoisotopic (exact) mass is 329 g/mol. The summed E-state index contributed by atoms with van der Waals surface area (Å²) in [7, 11) is 1.62. The molecule has 2 heterocycles. The molecule has 0 saturated heterocycles. The first-order valence-electron chi connectivity index (χ1n) is 6.97. The fourth-order valence-electron chi connectivity index (χ4n) is 2.37. The third-order valence-electron chi connectivity index (χ3n) is 3.44. The lowest BCUT2D eigenvalue weighted by Crippen LogP contribution is -2.01. The summed E-state index contributed by atoms with van der Waals surface area (Å²) in [6.45, 7) is 1.93. The lowest BCUT2D eigenvalue weighted by Gasteiger charge is -2.04. The molecule has 0 saturated carbocycles. The van der Waals surface area contributed by atoms with Crippen molar-refractivity contribution in [2.75, 3.05) is 7.11 Å². The van der Waals surface area contributed by atoms with Crippen LogP contribution in [-0.2, 0) is 11.2 Å². The summed E-state index contributed by atoms with van der Waals surface area (Å²) in [5.41, 5.74) is 3.02. The Balaban J connectivity index is 2.06. The van der Waals surface area contributed by atoms with Crippen LogP contribution in [0.3, 0.4) is 0 Å². The number of hydrogen-bond donors (Lipinski definition) is 1. The van der Waals surface area contributed by atoms with Crippen molar-refractivity contribution < 1.29 is 19.1 Å². The van der Waals surface area contributed by atoms with Gasteiger partial charge in [-0.3, -0.25) is 4.79 Å². The minimum Gasteiger partial charge on any atom is -0.496 e. The number of oxazole rings is 1. The number of benzene rings is 1. The van der Waals surface area contributed by atoms with Crippen molar-refractivity contribution in [3.63, 3.8) is 0 Å². The van der Waals surface area contributed by atoms with Crippen molar-refractivity contribution in [2.24, 2.45) is 0 Å². The van der Waals surface area contributed by atoms with Crippen LogP contribution in [0.15, 0.2) is 39.4 Å². The third-order valence-corrected chi connectivity index (χ3v) is 4.12. The number of rotatable bonds is 5. The van der Waals surface area contributed by atoms with E-state index in [2.05, 4.69) is 4.98 Å². The molecular formula is C17H15NO4S. The zero-order valence-electron chi connectivity index (χ0n) is 12.7. The molecule has 0 unspecified atom stereocenters. The molecule has 23 heavy (non-hydrogen) atoms. The summed E-state index contributed by atoms with van der Waals surface area (Å²) in [5.74, 6) is 0.765. The predicted octanol–water partition coefficient (Wildman–Crippen LogP) is 4.01. The molecular weight excluding hydrogens is 314 g/mol. The molecule has 3 aromatic rings. The average molecular weight is 329 g/mol. The number of hydrogen-bond acceptors (Lipinski definition) is 5. The van der Waals surface area contributed by atoms with Crippen LogP contribution < -0.4 is 4.74 Å². The molecule has 0 bridgehead atoms. The topological polar surface area (TPSA) is 72.6 Å². The number of carboxylic acid groups (broad SMARTS) is 1. The van der Waals surface area contributed by atoms with Gasteiger partial charge in [0.05, 0.1) is 19.2 Å². The van der Waals surface area contributed by atoms with Gasteiger partial charge in [-0.2, -0.15) is 11.3 Å². The quantitative estimate of drug-likeness (QED) is 0.765. The van der Waals surface area contributed by atoms with Crippen LogP contribution in [0, 0.1) is 6.92 Å². The molecule has 0 aliphatic heterocycles. The van der Waals surface area contributed by atoms with Crippen molar-refractivity contribution in [1.82, 2.24) is 4.98 Å². The minimum absolute atomic E-state index is 0.177. The summed E-state index contributed by atoms with van der Waals surface area (Å²) < 4.78 is 11.1. The summed E-state index contributed by atoms with van der Waals surface area (Å²) >= 11 is 1.52. The number of ether oxygens (including phenoxy) is 1. The number of carbonyl (C=O) groups is 1. The molecule has 0 aliphatic rings. The fourth-order valence-corrected chi connectivity index (χ4v) is 3.00. The van der Waals surface area contributed by atoms with Crippen LogP contribution in [0.5, 0.6) is 5.75 Å². The second-order valence-corrected chi connectivity index (χ2v) is 5.84. The average Bonchev–Trinajstić information content (AvgIpc) is 3.15. The van der Waals surface area contributed by atoms with E-state index in [-0.39, 0.29) is 6.42 Å². The molecule has 0 spiro atoms. The van der Waals surface area contributed by atoms with E-state index < -0.39 is 5.97 Å². The number of thiophene rings is 1. The maximum atomic E-state index is 11.1. The van der Waals surface area contributed by atoms with Gasteiger partial charge in [0.2, 0.25) is 5.89 Å². The number of nitrogens with zero attached hydrogens (tertiary/aromatic N) is 1. The van der Waals surface area contributed by atoms with E-state index in [0.717, 1.165) is 22.4 Å². The molecule has 118 valence electrons. The van der Waals surface area contributed by atoms with E-state index in [4.69, 9.17) is 14.3 Å². The van der Waals surface area contributed by atoms with Crippen molar-refractivity contribution >= 4 is 17.3 Å². The van der Waals surface area contributed by atoms with E-state index in [1.807, 2.05) is 41.9 Å². The summed E-state index contributed by atoms with van der Waals surface area (Å²) in [6.07, 6.45) is -0.177. The largest absolute Gasteiger partial charge is 0.496 e. The Morgan fingerprint density at radius 3 is 2.78 bits per heavy atom. The van der Waals surface area contributed by atoms with Gasteiger partial charge in [0, 0.05) is 16.5 Å². The van der Waals surface area contributed by atoms with E-state index in [1.54, 1.807) is 7.11 Å². The van der Waals surface area contributed by atoms with E-state index in [9.17, 15) is 4.79 Å². The lowest BCUT2D eigenvalue weighted by molar-refractivity contribution is -0.136. The van der Waals surface area contributed by atoms with E-state index >= 15 is 0 Å². The Hall–Kier alpha value is -2.60. The van der Waals surface area contributed by atoms with E-state index in [1.165, 1.54) is 11.3 Å². The Morgan fingerprint density at radius 2 is 2.17 bits per heavy atom. The zero-order chi connectivity index (χ0) is 16.4. The zero-order valence-corrected chi connectivity index (χ0v) is 13.5. The fraction of sp³-hybridized carbons (Fsp3) is 0.176. The Bertz CT molecular complexity index is 836. The van der Waals surface area contributed by atoms with E-state index in [0.29, 0.717) is 17.3 Å². The first kappa shape index (κ1) is 15.3. The Kier molecular flexibility index (Phi) is 4.16. The highest BCUT2D eigenvalue weighted by Gasteiger charge is 2.19.